The molecule has 1 aromatic carbocycles. The first kappa shape index (κ1) is 16.1. The summed E-state index contributed by atoms with van der Waals surface area (Å²) >= 11 is 3.25. The number of hydrogen-bond acceptors (Lipinski definition) is 2. The van der Waals surface area contributed by atoms with Crippen LogP contribution in [0, 0.1) is 5.92 Å². The minimum Gasteiger partial charge on any atom is -0.399 e. The molecule has 1 aliphatic carbocycles. The predicted molar refractivity (Wildman–Crippen MR) is 77.8 cm³/mol. The van der Waals surface area contributed by atoms with Crippen LogP contribution in [0.4, 0.5) is 18.9 Å². The standard InChI is InChI=1S/C14H16BrF3N2O/c15-10-5-8(6-11(19)7-10)13(21)20-12-3-1-9(2-4-12)14(16,17)18/h5-7,9,12H,1-4,19H2,(H,20,21). The summed E-state index contributed by atoms with van der Waals surface area (Å²) in [5.41, 5.74) is 6.52. The lowest BCUT2D eigenvalue weighted by Gasteiger charge is -2.30. The molecule has 0 radical (unpaired) electrons. The Morgan fingerprint density at radius 2 is 1.81 bits per heavy atom. The molecular weight excluding hydrogens is 349 g/mol. The van der Waals surface area contributed by atoms with Crippen LogP contribution in [-0.2, 0) is 0 Å². The highest BCUT2D eigenvalue weighted by Crippen LogP contribution is 2.37. The van der Waals surface area contributed by atoms with E-state index in [0.29, 0.717) is 28.6 Å². The van der Waals surface area contributed by atoms with E-state index in [2.05, 4.69) is 21.2 Å². The maximum atomic E-state index is 12.6. The normalized spacial score (nSPS) is 22.9. The second-order valence-electron chi connectivity index (χ2n) is 5.34. The van der Waals surface area contributed by atoms with Gasteiger partial charge < -0.3 is 11.1 Å². The van der Waals surface area contributed by atoms with E-state index in [9.17, 15) is 18.0 Å². The number of carbonyl (C=O) groups is 1. The third-order valence-corrected chi connectivity index (χ3v) is 4.17. The van der Waals surface area contributed by atoms with E-state index in [-0.39, 0.29) is 24.8 Å². The Hall–Kier alpha value is -1.24. The van der Waals surface area contributed by atoms with Crippen molar-refractivity contribution in [1.82, 2.24) is 5.32 Å². The van der Waals surface area contributed by atoms with Crippen molar-refractivity contribution in [3.63, 3.8) is 0 Å². The average molecular weight is 365 g/mol. The van der Waals surface area contributed by atoms with E-state index in [0.717, 1.165) is 0 Å². The number of nitrogen functional groups attached to an aromatic ring is 1. The lowest BCUT2D eigenvalue weighted by Crippen LogP contribution is -2.40. The second kappa shape index (κ2) is 6.25. The zero-order valence-corrected chi connectivity index (χ0v) is 12.8. The fourth-order valence-electron chi connectivity index (χ4n) is 2.58. The lowest BCUT2D eigenvalue weighted by molar-refractivity contribution is -0.182. The molecule has 2 rings (SSSR count). The number of alkyl halides is 3. The molecule has 116 valence electrons. The van der Waals surface area contributed by atoms with Crippen molar-refractivity contribution in [3.05, 3.63) is 28.2 Å². The van der Waals surface area contributed by atoms with E-state index in [1.54, 1.807) is 18.2 Å². The van der Waals surface area contributed by atoms with Crippen LogP contribution < -0.4 is 11.1 Å². The van der Waals surface area contributed by atoms with Gasteiger partial charge >= 0.3 is 6.18 Å². The molecule has 0 saturated heterocycles. The van der Waals surface area contributed by atoms with Crippen molar-refractivity contribution in [3.8, 4) is 0 Å². The van der Waals surface area contributed by atoms with Crippen LogP contribution in [0.15, 0.2) is 22.7 Å². The number of halogens is 4. The van der Waals surface area contributed by atoms with Gasteiger partial charge in [0.05, 0.1) is 5.92 Å². The molecule has 0 bridgehead atoms. The molecule has 3 N–H and O–H groups in total. The van der Waals surface area contributed by atoms with Gasteiger partial charge in [-0.25, -0.2) is 0 Å². The first-order valence-electron chi connectivity index (χ1n) is 6.69. The van der Waals surface area contributed by atoms with Crippen molar-refractivity contribution >= 4 is 27.5 Å². The van der Waals surface area contributed by atoms with Crippen molar-refractivity contribution in [2.45, 2.75) is 37.9 Å². The number of hydrogen-bond donors (Lipinski definition) is 2. The zero-order valence-electron chi connectivity index (χ0n) is 11.2. The first-order valence-corrected chi connectivity index (χ1v) is 7.48. The van der Waals surface area contributed by atoms with E-state index in [1.807, 2.05) is 0 Å². The molecule has 0 aliphatic heterocycles. The molecule has 0 spiro atoms. The molecule has 3 nitrogen and oxygen atoms in total. The van der Waals surface area contributed by atoms with Crippen LogP contribution >= 0.6 is 15.9 Å². The van der Waals surface area contributed by atoms with E-state index < -0.39 is 12.1 Å². The number of nitrogens with one attached hydrogen (secondary N) is 1. The number of anilines is 1. The third kappa shape index (κ3) is 4.36. The monoisotopic (exact) mass is 364 g/mol. The largest absolute Gasteiger partial charge is 0.399 e. The Morgan fingerprint density at radius 1 is 1.19 bits per heavy atom. The molecular formula is C14H16BrF3N2O. The number of carbonyl (C=O) groups excluding carboxylic acids is 1. The van der Waals surface area contributed by atoms with Gasteiger partial charge in [0.15, 0.2) is 0 Å². The smallest absolute Gasteiger partial charge is 0.391 e. The van der Waals surface area contributed by atoms with E-state index in [4.69, 9.17) is 5.73 Å². The summed E-state index contributed by atoms with van der Waals surface area (Å²) in [4.78, 5) is 12.1. The van der Waals surface area contributed by atoms with Gasteiger partial charge in [-0.3, -0.25) is 4.79 Å². The quantitative estimate of drug-likeness (QED) is 0.782. The summed E-state index contributed by atoms with van der Waals surface area (Å²) < 4.78 is 38.4. The highest BCUT2D eigenvalue weighted by Gasteiger charge is 2.41. The second-order valence-corrected chi connectivity index (χ2v) is 6.25. The zero-order chi connectivity index (χ0) is 15.6. The van der Waals surface area contributed by atoms with E-state index >= 15 is 0 Å². The van der Waals surface area contributed by atoms with Crippen molar-refractivity contribution in [2.24, 2.45) is 5.92 Å². The average Bonchev–Trinajstić information content (AvgIpc) is 2.37. The SMILES string of the molecule is Nc1cc(Br)cc(C(=O)NC2CCC(C(F)(F)F)CC2)c1. The van der Waals surface area contributed by atoms with Gasteiger partial charge in [0, 0.05) is 21.8 Å². The van der Waals surface area contributed by atoms with E-state index in [1.165, 1.54) is 0 Å². The Kier molecular flexibility index (Phi) is 4.81. The Balaban J connectivity index is 1.93. The molecule has 0 heterocycles. The number of amides is 1. The molecule has 1 fully saturated rings. The molecule has 7 heteroatoms. The van der Waals surface area contributed by atoms with Crippen LogP contribution in [0.1, 0.15) is 36.0 Å². The number of rotatable bonds is 2. The summed E-state index contributed by atoms with van der Waals surface area (Å²) in [7, 11) is 0. The van der Waals surface area contributed by atoms with Crippen LogP contribution in [0.3, 0.4) is 0 Å². The molecule has 1 aliphatic rings. The van der Waals surface area contributed by atoms with Gasteiger partial charge in [-0.2, -0.15) is 13.2 Å². The number of benzene rings is 1. The summed E-state index contributed by atoms with van der Waals surface area (Å²) in [5, 5.41) is 2.78. The highest BCUT2D eigenvalue weighted by molar-refractivity contribution is 9.10. The van der Waals surface area contributed by atoms with Crippen molar-refractivity contribution < 1.29 is 18.0 Å². The van der Waals surface area contributed by atoms with Gasteiger partial charge in [0.1, 0.15) is 0 Å². The Morgan fingerprint density at radius 3 is 2.33 bits per heavy atom. The van der Waals surface area contributed by atoms with Gasteiger partial charge in [-0.15, -0.1) is 0 Å². The first-order chi connectivity index (χ1) is 9.75. The highest BCUT2D eigenvalue weighted by atomic mass is 79.9. The molecule has 0 unspecified atom stereocenters. The van der Waals surface area contributed by atoms with Crippen LogP contribution in [0.2, 0.25) is 0 Å². The predicted octanol–water partition coefficient (Wildman–Crippen LogP) is 3.88. The lowest BCUT2D eigenvalue weighted by atomic mass is 9.85. The van der Waals surface area contributed by atoms with Gasteiger partial charge in [-0.05, 0) is 43.9 Å². The molecule has 0 atom stereocenters. The van der Waals surface area contributed by atoms with Crippen LogP contribution in [0.5, 0.6) is 0 Å². The van der Waals surface area contributed by atoms with Gasteiger partial charge in [0.2, 0.25) is 0 Å². The van der Waals surface area contributed by atoms with Crippen LogP contribution in [-0.4, -0.2) is 18.1 Å². The minimum absolute atomic E-state index is 0.0646. The molecule has 1 aromatic rings. The fraction of sp³-hybridized carbons (Fsp3) is 0.500. The maximum Gasteiger partial charge on any atom is 0.391 e. The molecule has 0 aromatic heterocycles. The van der Waals surface area contributed by atoms with Gasteiger partial charge in [-0.1, -0.05) is 15.9 Å². The Bertz CT molecular complexity index is 505. The van der Waals surface area contributed by atoms with Crippen molar-refractivity contribution in [2.75, 3.05) is 5.73 Å². The summed E-state index contributed by atoms with van der Waals surface area (Å²) in [6.07, 6.45) is -3.31. The fourth-order valence-corrected chi connectivity index (χ4v) is 3.09. The van der Waals surface area contributed by atoms with Crippen LogP contribution in [0.25, 0.3) is 0 Å². The summed E-state index contributed by atoms with van der Waals surface area (Å²) in [5.74, 6) is -1.55. The summed E-state index contributed by atoms with van der Waals surface area (Å²) in [6, 6.07) is 4.64. The summed E-state index contributed by atoms with van der Waals surface area (Å²) in [6.45, 7) is 0. The molecule has 21 heavy (non-hydrogen) atoms. The number of nitrogens with two attached hydrogens (primary N) is 1. The minimum atomic E-state index is -4.13. The topological polar surface area (TPSA) is 55.1 Å². The molecule has 1 saturated carbocycles. The van der Waals surface area contributed by atoms with Gasteiger partial charge in [0.25, 0.3) is 5.91 Å². The third-order valence-electron chi connectivity index (χ3n) is 3.71. The maximum absolute atomic E-state index is 12.6. The Labute approximate surface area is 129 Å². The van der Waals surface area contributed by atoms with Crippen molar-refractivity contribution in [1.29, 1.82) is 0 Å². The molecule has 1 amide bonds.